The molecule has 5 nitrogen and oxygen atoms in total. The van der Waals surface area contributed by atoms with Crippen LogP contribution in [0.1, 0.15) is 30.6 Å². The van der Waals surface area contributed by atoms with Crippen molar-refractivity contribution in [2.45, 2.75) is 26.4 Å². The van der Waals surface area contributed by atoms with Gasteiger partial charge in [0.15, 0.2) is 0 Å². The van der Waals surface area contributed by atoms with Gasteiger partial charge in [-0.3, -0.25) is 4.79 Å². The summed E-state index contributed by atoms with van der Waals surface area (Å²) < 4.78 is 11.0. The van der Waals surface area contributed by atoms with Crippen LogP contribution in [0.2, 0.25) is 0 Å². The average molecular weight is 278 g/mol. The van der Waals surface area contributed by atoms with E-state index in [2.05, 4.69) is 6.92 Å². The quantitative estimate of drug-likeness (QED) is 0.855. The lowest BCUT2D eigenvalue weighted by Crippen LogP contribution is -2.45. The van der Waals surface area contributed by atoms with E-state index in [1.54, 1.807) is 18.2 Å². The van der Waals surface area contributed by atoms with Crippen LogP contribution in [0.25, 0.3) is 0 Å². The highest BCUT2D eigenvalue weighted by Gasteiger charge is 2.24. The highest BCUT2D eigenvalue weighted by molar-refractivity contribution is 5.95. The second-order valence-corrected chi connectivity index (χ2v) is 4.88. The Morgan fingerprint density at radius 2 is 2.25 bits per heavy atom. The Kier molecular flexibility index (Phi) is 4.84. The standard InChI is InChI=1S/C15H22N2O3/c1-3-13-10-17(5-6-20-13)15(18)11-7-12(16)9-14(8-11)19-4-2/h7-9,13H,3-6,10,16H2,1-2H3. The molecule has 0 bridgehead atoms. The van der Waals surface area contributed by atoms with Crippen molar-refractivity contribution in [2.24, 2.45) is 0 Å². The Hall–Kier alpha value is -1.75. The van der Waals surface area contributed by atoms with E-state index in [-0.39, 0.29) is 12.0 Å². The SMILES string of the molecule is CCOc1cc(N)cc(C(=O)N2CCOC(CC)C2)c1. The predicted octanol–water partition coefficient (Wildman–Crippen LogP) is 1.92. The summed E-state index contributed by atoms with van der Waals surface area (Å²) in [7, 11) is 0. The number of morpholine rings is 1. The van der Waals surface area contributed by atoms with Crippen molar-refractivity contribution in [3.8, 4) is 5.75 Å². The van der Waals surface area contributed by atoms with Crippen molar-refractivity contribution in [2.75, 3.05) is 32.0 Å². The molecule has 1 fully saturated rings. The van der Waals surface area contributed by atoms with Gasteiger partial charge in [0.05, 0.1) is 19.3 Å². The molecule has 20 heavy (non-hydrogen) atoms. The van der Waals surface area contributed by atoms with E-state index in [0.717, 1.165) is 6.42 Å². The summed E-state index contributed by atoms with van der Waals surface area (Å²) in [6.45, 7) is 6.35. The van der Waals surface area contributed by atoms with Gasteiger partial charge in [-0.25, -0.2) is 0 Å². The normalized spacial score (nSPS) is 18.9. The average Bonchev–Trinajstić information content (AvgIpc) is 2.46. The van der Waals surface area contributed by atoms with Crippen molar-refractivity contribution in [3.63, 3.8) is 0 Å². The summed E-state index contributed by atoms with van der Waals surface area (Å²) in [6.07, 6.45) is 1.03. The molecule has 1 amide bonds. The van der Waals surface area contributed by atoms with Gasteiger partial charge in [-0.05, 0) is 25.5 Å². The van der Waals surface area contributed by atoms with Gasteiger partial charge in [-0.1, -0.05) is 6.92 Å². The van der Waals surface area contributed by atoms with Crippen molar-refractivity contribution < 1.29 is 14.3 Å². The highest BCUT2D eigenvalue weighted by Crippen LogP contribution is 2.21. The lowest BCUT2D eigenvalue weighted by Gasteiger charge is -2.32. The molecule has 110 valence electrons. The van der Waals surface area contributed by atoms with Crippen LogP contribution in [-0.2, 0) is 4.74 Å². The lowest BCUT2D eigenvalue weighted by molar-refractivity contribution is -0.0226. The van der Waals surface area contributed by atoms with E-state index in [1.807, 2.05) is 11.8 Å². The van der Waals surface area contributed by atoms with E-state index < -0.39 is 0 Å². The zero-order chi connectivity index (χ0) is 14.5. The summed E-state index contributed by atoms with van der Waals surface area (Å²) in [5.41, 5.74) is 6.95. The van der Waals surface area contributed by atoms with Crippen molar-refractivity contribution >= 4 is 11.6 Å². The number of hydrogen-bond acceptors (Lipinski definition) is 4. The fourth-order valence-corrected chi connectivity index (χ4v) is 2.33. The van der Waals surface area contributed by atoms with Crippen molar-refractivity contribution in [1.29, 1.82) is 0 Å². The molecule has 1 unspecified atom stereocenters. The molecule has 1 aromatic rings. The van der Waals surface area contributed by atoms with Crippen LogP contribution < -0.4 is 10.5 Å². The fourth-order valence-electron chi connectivity index (χ4n) is 2.33. The maximum atomic E-state index is 12.5. The van der Waals surface area contributed by atoms with Crippen LogP contribution >= 0.6 is 0 Å². The van der Waals surface area contributed by atoms with Crippen LogP contribution in [0, 0.1) is 0 Å². The van der Waals surface area contributed by atoms with Gasteiger partial charge in [-0.2, -0.15) is 0 Å². The Labute approximate surface area is 119 Å². The molecule has 1 heterocycles. The number of benzene rings is 1. The molecular formula is C15H22N2O3. The van der Waals surface area contributed by atoms with Crippen LogP contribution in [0.4, 0.5) is 5.69 Å². The zero-order valence-corrected chi connectivity index (χ0v) is 12.1. The third-order valence-electron chi connectivity index (χ3n) is 3.37. The maximum absolute atomic E-state index is 12.5. The zero-order valence-electron chi connectivity index (χ0n) is 12.1. The minimum absolute atomic E-state index is 0.0139. The van der Waals surface area contributed by atoms with Crippen molar-refractivity contribution in [1.82, 2.24) is 4.90 Å². The second-order valence-electron chi connectivity index (χ2n) is 4.88. The molecular weight excluding hydrogens is 256 g/mol. The molecule has 0 aromatic heterocycles. The first-order valence-electron chi connectivity index (χ1n) is 7.08. The predicted molar refractivity (Wildman–Crippen MR) is 78.0 cm³/mol. The van der Waals surface area contributed by atoms with E-state index in [0.29, 0.717) is 43.3 Å². The van der Waals surface area contributed by atoms with E-state index >= 15 is 0 Å². The monoisotopic (exact) mass is 278 g/mol. The topological polar surface area (TPSA) is 64.8 Å². The van der Waals surface area contributed by atoms with E-state index in [1.165, 1.54) is 0 Å². The Bertz CT molecular complexity index is 476. The third-order valence-corrected chi connectivity index (χ3v) is 3.37. The van der Waals surface area contributed by atoms with Gasteiger partial charge in [0.1, 0.15) is 5.75 Å². The molecule has 0 aliphatic carbocycles. The number of nitrogen functional groups attached to an aromatic ring is 1. The lowest BCUT2D eigenvalue weighted by atomic mass is 10.1. The number of carbonyl (C=O) groups is 1. The molecule has 0 radical (unpaired) electrons. The molecule has 0 spiro atoms. The number of nitrogens with two attached hydrogens (primary N) is 1. The molecule has 1 aromatic carbocycles. The molecule has 1 saturated heterocycles. The van der Waals surface area contributed by atoms with Gasteiger partial charge in [0.2, 0.25) is 0 Å². The molecule has 1 aliphatic rings. The minimum Gasteiger partial charge on any atom is -0.494 e. The number of nitrogens with zero attached hydrogens (tertiary/aromatic N) is 1. The Morgan fingerprint density at radius 1 is 1.45 bits per heavy atom. The van der Waals surface area contributed by atoms with Crippen LogP contribution in [0.15, 0.2) is 18.2 Å². The number of hydrogen-bond donors (Lipinski definition) is 1. The number of rotatable bonds is 4. The summed E-state index contributed by atoms with van der Waals surface area (Å²) in [6, 6.07) is 5.17. The smallest absolute Gasteiger partial charge is 0.254 e. The third kappa shape index (κ3) is 3.42. The van der Waals surface area contributed by atoms with Crippen LogP contribution in [0.3, 0.4) is 0 Å². The van der Waals surface area contributed by atoms with Gasteiger partial charge in [0, 0.05) is 30.4 Å². The molecule has 2 rings (SSSR count). The number of amides is 1. The Balaban J connectivity index is 2.15. The van der Waals surface area contributed by atoms with Gasteiger partial charge < -0.3 is 20.1 Å². The van der Waals surface area contributed by atoms with Crippen molar-refractivity contribution in [3.05, 3.63) is 23.8 Å². The highest BCUT2D eigenvalue weighted by atomic mass is 16.5. The summed E-state index contributed by atoms with van der Waals surface area (Å²) in [4.78, 5) is 14.4. The fraction of sp³-hybridized carbons (Fsp3) is 0.533. The second kappa shape index (κ2) is 6.61. The molecule has 2 N–H and O–H groups in total. The van der Waals surface area contributed by atoms with Crippen LogP contribution in [-0.4, -0.2) is 43.2 Å². The maximum Gasteiger partial charge on any atom is 0.254 e. The molecule has 1 atom stereocenters. The number of ether oxygens (including phenoxy) is 2. The largest absolute Gasteiger partial charge is 0.494 e. The van der Waals surface area contributed by atoms with Gasteiger partial charge >= 0.3 is 0 Å². The molecule has 1 aliphatic heterocycles. The number of carbonyl (C=O) groups excluding carboxylic acids is 1. The van der Waals surface area contributed by atoms with Gasteiger partial charge in [-0.15, -0.1) is 0 Å². The van der Waals surface area contributed by atoms with Crippen LogP contribution in [0.5, 0.6) is 5.75 Å². The molecule has 5 heteroatoms. The summed E-state index contributed by atoms with van der Waals surface area (Å²) in [5, 5.41) is 0. The first-order valence-corrected chi connectivity index (χ1v) is 7.08. The first kappa shape index (κ1) is 14.7. The first-order chi connectivity index (χ1) is 9.63. The number of anilines is 1. The minimum atomic E-state index is -0.0139. The van der Waals surface area contributed by atoms with Gasteiger partial charge in [0.25, 0.3) is 5.91 Å². The summed E-state index contributed by atoms with van der Waals surface area (Å²) >= 11 is 0. The Morgan fingerprint density at radius 3 is 2.95 bits per heavy atom. The van der Waals surface area contributed by atoms with E-state index in [4.69, 9.17) is 15.2 Å². The summed E-state index contributed by atoms with van der Waals surface area (Å²) in [5.74, 6) is 0.621. The van der Waals surface area contributed by atoms with E-state index in [9.17, 15) is 4.79 Å². The molecule has 0 saturated carbocycles.